The third kappa shape index (κ3) is 2.89. The van der Waals surface area contributed by atoms with E-state index in [-0.39, 0.29) is 0 Å². The monoisotopic (exact) mass is 164 g/mol. The van der Waals surface area contributed by atoms with Crippen LogP contribution in [0.2, 0.25) is 0 Å². The molecule has 0 aliphatic carbocycles. The van der Waals surface area contributed by atoms with E-state index >= 15 is 0 Å². The molecule has 0 saturated heterocycles. The highest BCUT2D eigenvalue weighted by atomic mass is 15.3. The molecule has 0 aromatic rings. The van der Waals surface area contributed by atoms with Crippen LogP contribution in [-0.2, 0) is 0 Å². The lowest BCUT2D eigenvalue weighted by Gasteiger charge is -2.31. The summed E-state index contributed by atoms with van der Waals surface area (Å²) >= 11 is 0. The summed E-state index contributed by atoms with van der Waals surface area (Å²) in [4.78, 5) is 0. The van der Waals surface area contributed by atoms with Crippen molar-refractivity contribution in [1.82, 2.24) is 0 Å². The van der Waals surface area contributed by atoms with Crippen LogP contribution in [0.25, 0.3) is 0 Å². The van der Waals surface area contributed by atoms with Crippen molar-refractivity contribution < 1.29 is 4.48 Å². The van der Waals surface area contributed by atoms with Crippen LogP contribution in [0.3, 0.4) is 0 Å². The van der Waals surface area contributed by atoms with Crippen LogP contribution in [0, 0.1) is 0 Å². The smallest absolute Gasteiger partial charge is 0.102 e. The zero-order valence-corrected chi connectivity index (χ0v) is 7.71. The molecule has 0 radical (unpaired) electrons. The van der Waals surface area contributed by atoms with Gasteiger partial charge in [0.25, 0.3) is 0 Å². The Morgan fingerprint density at radius 2 is 1.08 bits per heavy atom. The highest BCUT2D eigenvalue weighted by Crippen LogP contribution is 2.07. The van der Waals surface area contributed by atoms with Crippen LogP contribution in [0.1, 0.15) is 0 Å². The van der Waals surface area contributed by atoms with Crippen LogP contribution >= 0.6 is 0 Å². The van der Waals surface area contributed by atoms with Gasteiger partial charge in [0.15, 0.2) is 0 Å². The summed E-state index contributed by atoms with van der Waals surface area (Å²) < 4.78 is 0.760. The zero-order chi connectivity index (χ0) is 9.45. The fourth-order valence-corrected chi connectivity index (χ4v) is 1.22. The lowest BCUT2D eigenvalue weighted by Crippen LogP contribution is -2.42. The minimum Gasteiger partial charge on any atom is -0.288 e. The molecule has 0 amide bonds. The van der Waals surface area contributed by atoms with Gasteiger partial charge in [0.05, 0.1) is 6.20 Å². The van der Waals surface area contributed by atoms with Gasteiger partial charge in [-0.05, 0) is 24.8 Å². The largest absolute Gasteiger partial charge is 0.288 e. The Morgan fingerprint density at radius 1 is 0.750 bits per heavy atom. The predicted molar refractivity (Wildman–Crippen MR) is 55.6 cm³/mol. The van der Waals surface area contributed by atoms with E-state index in [2.05, 4.69) is 26.3 Å². The van der Waals surface area contributed by atoms with E-state index in [0.29, 0.717) is 0 Å². The number of hydrogen-bond donors (Lipinski definition) is 0. The van der Waals surface area contributed by atoms with Crippen molar-refractivity contribution in [2.45, 2.75) is 0 Å². The van der Waals surface area contributed by atoms with Crippen molar-refractivity contribution in [2.24, 2.45) is 0 Å². The van der Waals surface area contributed by atoms with Gasteiger partial charge in [-0.3, -0.25) is 4.48 Å². The molecule has 0 saturated carbocycles. The summed E-state index contributed by atoms with van der Waals surface area (Å²) in [5.74, 6) is 0. The van der Waals surface area contributed by atoms with E-state index in [4.69, 9.17) is 0 Å². The lowest BCUT2D eigenvalue weighted by atomic mass is 10.3. The molecule has 0 aromatic heterocycles. The van der Waals surface area contributed by atoms with Gasteiger partial charge >= 0.3 is 0 Å². The van der Waals surface area contributed by atoms with Gasteiger partial charge < -0.3 is 0 Å². The first kappa shape index (κ1) is 10.9. The first-order valence-corrected chi connectivity index (χ1v) is 4.06. The van der Waals surface area contributed by atoms with E-state index < -0.39 is 0 Å². The molecule has 1 heteroatoms. The van der Waals surface area contributed by atoms with Crippen LogP contribution in [0.4, 0.5) is 0 Å². The molecule has 0 spiro atoms. The molecule has 0 bridgehead atoms. The standard InChI is InChI=1S/C11H18N/c1-5-9-12(8-4,10-6-2)11-7-3/h5-8H,1-4,9-11H2/q+1. The molecule has 0 aliphatic heterocycles. The average Bonchev–Trinajstić information content (AvgIpc) is 2.06. The third-order valence-corrected chi connectivity index (χ3v) is 1.87. The highest BCUT2D eigenvalue weighted by Gasteiger charge is 2.17. The molecule has 0 fully saturated rings. The van der Waals surface area contributed by atoms with Crippen molar-refractivity contribution in [3.05, 3.63) is 50.7 Å². The molecule has 0 atom stereocenters. The molecule has 0 heterocycles. The van der Waals surface area contributed by atoms with E-state index in [1.807, 2.05) is 24.4 Å². The van der Waals surface area contributed by atoms with Gasteiger partial charge in [-0.1, -0.05) is 19.7 Å². The van der Waals surface area contributed by atoms with E-state index in [1.165, 1.54) is 0 Å². The van der Waals surface area contributed by atoms with Gasteiger partial charge in [0.2, 0.25) is 0 Å². The summed E-state index contributed by atoms with van der Waals surface area (Å²) in [6.07, 6.45) is 7.61. The zero-order valence-electron chi connectivity index (χ0n) is 7.71. The quantitative estimate of drug-likeness (QED) is 0.400. The first-order valence-electron chi connectivity index (χ1n) is 4.06. The van der Waals surface area contributed by atoms with E-state index in [9.17, 15) is 0 Å². The van der Waals surface area contributed by atoms with Crippen molar-refractivity contribution >= 4 is 0 Å². The summed E-state index contributed by atoms with van der Waals surface area (Å²) in [5, 5.41) is 0. The SMILES string of the molecule is C=CC[N+](C=C)(CC=C)CC=C. The molecule has 0 N–H and O–H groups in total. The predicted octanol–water partition coefficient (Wildman–Crippen LogP) is 2.50. The van der Waals surface area contributed by atoms with Crippen molar-refractivity contribution in [1.29, 1.82) is 0 Å². The fraction of sp³-hybridized carbons (Fsp3) is 0.273. The molecule has 66 valence electrons. The number of rotatable bonds is 7. The van der Waals surface area contributed by atoms with E-state index in [0.717, 1.165) is 24.1 Å². The molecule has 12 heavy (non-hydrogen) atoms. The van der Waals surface area contributed by atoms with Crippen molar-refractivity contribution in [2.75, 3.05) is 19.6 Å². The maximum Gasteiger partial charge on any atom is 0.102 e. The molecule has 0 aliphatic rings. The molecular weight excluding hydrogens is 146 g/mol. The van der Waals surface area contributed by atoms with Crippen LogP contribution < -0.4 is 0 Å². The summed E-state index contributed by atoms with van der Waals surface area (Å²) in [6.45, 7) is 17.6. The van der Waals surface area contributed by atoms with Gasteiger partial charge in [0.1, 0.15) is 19.6 Å². The third-order valence-electron chi connectivity index (χ3n) is 1.87. The number of nitrogens with zero attached hydrogens (tertiary/aromatic N) is 1. The molecule has 1 nitrogen and oxygen atoms in total. The minimum absolute atomic E-state index is 0.760. The summed E-state index contributed by atoms with van der Waals surface area (Å²) in [7, 11) is 0. The van der Waals surface area contributed by atoms with Gasteiger partial charge in [-0.25, -0.2) is 0 Å². The van der Waals surface area contributed by atoms with Crippen molar-refractivity contribution in [3.8, 4) is 0 Å². The Morgan fingerprint density at radius 3 is 1.25 bits per heavy atom. The summed E-state index contributed by atoms with van der Waals surface area (Å²) in [5.41, 5.74) is 0. The van der Waals surface area contributed by atoms with Crippen LogP contribution in [0.15, 0.2) is 50.7 Å². The molecule has 0 rings (SSSR count). The number of quaternary nitrogens is 1. The molecular formula is C11H18N+. The first-order chi connectivity index (χ1) is 5.74. The van der Waals surface area contributed by atoms with Gasteiger partial charge in [-0.2, -0.15) is 0 Å². The Labute approximate surface area is 75.6 Å². The fourth-order valence-electron chi connectivity index (χ4n) is 1.22. The Balaban J connectivity index is 4.45. The Bertz CT molecular complexity index is 153. The van der Waals surface area contributed by atoms with E-state index in [1.54, 1.807) is 0 Å². The maximum atomic E-state index is 3.82. The minimum atomic E-state index is 0.760. The summed E-state index contributed by atoms with van der Waals surface area (Å²) in [6, 6.07) is 0. The topological polar surface area (TPSA) is 0 Å². The molecule has 0 unspecified atom stereocenters. The Kier molecular flexibility index (Phi) is 5.06. The second kappa shape index (κ2) is 5.56. The maximum absolute atomic E-state index is 3.82. The second-order valence-electron chi connectivity index (χ2n) is 2.81. The average molecular weight is 164 g/mol. The van der Waals surface area contributed by atoms with Gasteiger partial charge in [-0.15, -0.1) is 0 Å². The molecule has 0 aromatic carbocycles. The van der Waals surface area contributed by atoms with Crippen LogP contribution in [-0.4, -0.2) is 24.1 Å². The lowest BCUT2D eigenvalue weighted by molar-refractivity contribution is -0.861. The normalized spacial score (nSPS) is 10.3. The van der Waals surface area contributed by atoms with Crippen molar-refractivity contribution in [3.63, 3.8) is 0 Å². The second-order valence-corrected chi connectivity index (χ2v) is 2.81. The highest BCUT2D eigenvalue weighted by molar-refractivity contribution is 4.79. The Hall–Kier alpha value is -1.08. The van der Waals surface area contributed by atoms with Crippen LogP contribution in [0.5, 0.6) is 0 Å². The number of hydrogen-bond acceptors (Lipinski definition) is 0. The van der Waals surface area contributed by atoms with Gasteiger partial charge in [0, 0.05) is 0 Å².